The fraction of sp³-hybridized carbons (Fsp3) is 0.385. The number of carbonyl (C=O) groups is 2. The Hall–Kier alpha value is -1.84. The van der Waals surface area contributed by atoms with Crippen molar-refractivity contribution in [2.45, 2.75) is 12.8 Å². The zero-order valence-electron chi connectivity index (χ0n) is 9.64. The van der Waals surface area contributed by atoms with Crippen LogP contribution in [0, 0.1) is 5.92 Å². The van der Waals surface area contributed by atoms with E-state index in [1.54, 1.807) is 12.1 Å². The minimum atomic E-state index is -0.457. The minimum absolute atomic E-state index is 0.355. The molecule has 4 heteroatoms. The van der Waals surface area contributed by atoms with Crippen LogP contribution in [0.25, 0.3) is 0 Å². The van der Waals surface area contributed by atoms with Crippen LogP contribution < -0.4 is 4.74 Å². The Morgan fingerprint density at radius 3 is 2.82 bits per heavy atom. The normalized spacial score (nSPS) is 14.2. The van der Waals surface area contributed by atoms with Gasteiger partial charge in [0.05, 0.1) is 24.8 Å². The molecular weight excluding hydrogens is 220 g/mol. The van der Waals surface area contributed by atoms with Crippen molar-refractivity contribution in [2.75, 3.05) is 13.7 Å². The van der Waals surface area contributed by atoms with E-state index >= 15 is 0 Å². The molecule has 0 unspecified atom stereocenters. The molecule has 0 aliphatic heterocycles. The first-order valence-electron chi connectivity index (χ1n) is 5.55. The fourth-order valence-corrected chi connectivity index (χ4v) is 1.51. The van der Waals surface area contributed by atoms with Crippen molar-refractivity contribution in [1.29, 1.82) is 0 Å². The molecule has 0 atom stereocenters. The second kappa shape index (κ2) is 4.99. The second-order valence-electron chi connectivity index (χ2n) is 4.12. The summed E-state index contributed by atoms with van der Waals surface area (Å²) in [5.41, 5.74) is 0.738. The second-order valence-corrected chi connectivity index (χ2v) is 4.12. The molecule has 4 nitrogen and oxygen atoms in total. The number of esters is 1. The van der Waals surface area contributed by atoms with E-state index in [1.807, 2.05) is 0 Å². The van der Waals surface area contributed by atoms with Crippen molar-refractivity contribution in [3.05, 3.63) is 29.3 Å². The third-order valence-corrected chi connectivity index (χ3v) is 2.73. The van der Waals surface area contributed by atoms with Crippen molar-refractivity contribution < 1.29 is 19.1 Å². The molecule has 0 amide bonds. The molecule has 1 saturated carbocycles. The lowest BCUT2D eigenvalue weighted by molar-refractivity contribution is 0.0600. The fourth-order valence-electron chi connectivity index (χ4n) is 1.51. The summed E-state index contributed by atoms with van der Waals surface area (Å²) in [4.78, 5) is 22.2. The van der Waals surface area contributed by atoms with Crippen LogP contribution in [0.4, 0.5) is 0 Å². The molecular formula is C13H14O4. The van der Waals surface area contributed by atoms with E-state index in [0.29, 0.717) is 35.7 Å². The van der Waals surface area contributed by atoms with Crippen LogP contribution in [-0.4, -0.2) is 26.0 Å². The van der Waals surface area contributed by atoms with Crippen LogP contribution in [0.2, 0.25) is 0 Å². The van der Waals surface area contributed by atoms with Gasteiger partial charge in [-0.15, -0.1) is 0 Å². The van der Waals surface area contributed by atoms with Crippen LogP contribution >= 0.6 is 0 Å². The van der Waals surface area contributed by atoms with E-state index in [4.69, 9.17) is 4.74 Å². The number of ether oxygens (including phenoxy) is 2. The number of carbonyl (C=O) groups excluding carboxylic acids is 2. The Bertz CT molecular complexity index is 435. The summed E-state index contributed by atoms with van der Waals surface area (Å²) in [6.45, 7) is 0.637. The number of rotatable bonds is 5. The molecule has 0 heterocycles. The van der Waals surface area contributed by atoms with Crippen molar-refractivity contribution in [3.63, 3.8) is 0 Å². The van der Waals surface area contributed by atoms with Gasteiger partial charge in [0, 0.05) is 0 Å². The number of benzene rings is 1. The third kappa shape index (κ3) is 2.84. The van der Waals surface area contributed by atoms with E-state index in [2.05, 4.69) is 4.74 Å². The minimum Gasteiger partial charge on any atom is -0.493 e. The topological polar surface area (TPSA) is 52.6 Å². The maximum atomic E-state index is 11.3. The molecule has 1 aliphatic carbocycles. The molecule has 0 aromatic heterocycles. The molecule has 17 heavy (non-hydrogen) atoms. The largest absolute Gasteiger partial charge is 0.493 e. The van der Waals surface area contributed by atoms with Gasteiger partial charge in [-0.2, -0.15) is 0 Å². The summed E-state index contributed by atoms with van der Waals surface area (Å²) in [6.07, 6.45) is 3.07. The van der Waals surface area contributed by atoms with Gasteiger partial charge in [0.25, 0.3) is 0 Å². The smallest absolute Gasteiger partial charge is 0.337 e. The number of aldehydes is 1. The highest BCUT2D eigenvalue weighted by Crippen LogP contribution is 2.30. The molecule has 1 aromatic carbocycles. The molecule has 0 radical (unpaired) electrons. The first-order chi connectivity index (χ1) is 8.24. The Balaban J connectivity index is 2.14. The number of hydrogen-bond donors (Lipinski definition) is 0. The van der Waals surface area contributed by atoms with Crippen LogP contribution in [0.3, 0.4) is 0 Å². The van der Waals surface area contributed by atoms with Gasteiger partial charge in [-0.3, -0.25) is 4.79 Å². The van der Waals surface area contributed by atoms with E-state index < -0.39 is 5.97 Å². The van der Waals surface area contributed by atoms with Gasteiger partial charge in [-0.05, 0) is 37.0 Å². The SMILES string of the molecule is COC(=O)c1ccc(OCC2CC2)c(C=O)c1. The maximum Gasteiger partial charge on any atom is 0.337 e. The van der Waals surface area contributed by atoms with Crippen molar-refractivity contribution >= 4 is 12.3 Å². The zero-order valence-corrected chi connectivity index (χ0v) is 9.64. The lowest BCUT2D eigenvalue weighted by Crippen LogP contribution is -2.05. The molecule has 1 fully saturated rings. The van der Waals surface area contributed by atoms with E-state index in [0.717, 1.165) is 0 Å². The van der Waals surface area contributed by atoms with Gasteiger partial charge < -0.3 is 9.47 Å². The Kier molecular flexibility index (Phi) is 3.42. The van der Waals surface area contributed by atoms with Crippen molar-refractivity contribution in [3.8, 4) is 5.75 Å². The lowest BCUT2D eigenvalue weighted by Gasteiger charge is -2.08. The molecule has 0 spiro atoms. The van der Waals surface area contributed by atoms with E-state index in [1.165, 1.54) is 26.0 Å². The predicted octanol–water partition coefficient (Wildman–Crippen LogP) is 2.07. The molecule has 0 bridgehead atoms. The summed E-state index contributed by atoms with van der Waals surface area (Å²) in [7, 11) is 1.31. The number of methoxy groups -OCH3 is 1. The average Bonchev–Trinajstić information content (AvgIpc) is 3.19. The standard InChI is InChI=1S/C13H14O4/c1-16-13(15)10-4-5-12(11(6-10)7-14)17-8-9-2-3-9/h4-7,9H,2-3,8H2,1H3. The molecule has 2 rings (SSSR count). The van der Waals surface area contributed by atoms with Crippen LogP contribution in [-0.2, 0) is 4.74 Å². The van der Waals surface area contributed by atoms with Gasteiger partial charge in [0.1, 0.15) is 5.75 Å². The zero-order chi connectivity index (χ0) is 12.3. The first kappa shape index (κ1) is 11.6. The summed E-state index contributed by atoms with van der Waals surface area (Å²) in [5, 5.41) is 0. The Labute approximate surface area is 99.5 Å². The van der Waals surface area contributed by atoms with Gasteiger partial charge in [-0.1, -0.05) is 0 Å². The molecule has 90 valence electrons. The predicted molar refractivity (Wildman–Crippen MR) is 61.4 cm³/mol. The van der Waals surface area contributed by atoms with Gasteiger partial charge >= 0.3 is 5.97 Å². The highest BCUT2D eigenvalue weighted by Gasteiger charge is 2.22. The summed E-state index contributed by atoms with van der Waals surface area (Å²) < 4.78 is 10.1. The Morgan fingerprint density at radius 1 is 1.47 bits per heavy atom. The van der Waals surface area contributed by atoms with Crippen LogP contribution in [0.1, 0.15) is 33.6 Å². The van der Waals surface area contributed by atoms with E-state index in [9.17, 15) is 9.59 Å². The summed E-state index contributed by atoms with van der Waals surface area (Å²) >= 11 is 0. The first-order valence-corrected chi connectivity index (χ1v) is 5.55. The van der Waals surface area contributed by atoms with Crippen LogP contribution in [0.15, 0.2) is 18.2 Å². The monoisotopic (exact) mass is 234 g/mol. The van der Waals surface area contributed by atoms with Gasteiger partial charge in [0.15, 0.2) is 6.29 Å². The highest BCUT2D eigenvalue weighted by molar-refractivity contribution is 5.92. The van der Waals surface area contributed by atoms with Gasteiger partial charge in [0.2, 0.25) is 0 Å². The number of hydrogen-bond acceptors (Lipinski definition) is 4. The lowest BCUT2D eigenvalue weighted by atomic mass is 10.1. The molecule has 1 aromatic rings. The Morgan fingerprint density at radius 2 is 2.24 bits per heavy atom. The van der Waals surface area contributed by atoms with Crippen molar-refractivity contribution in [1.82, 2.24) is 0 Å². The third-order valence-electron chi connectivity index (χ3n) is 2.73. The molecule has 0 saturated heterocycles. The average molecular weight is 234 g/mol. The van der Waals surface area contributed by atoms with E-state index in [-0.39, 0.29) is 0 Å². The van der Waals surface area contributed by atoms with Gasteiger partial charge in [-0.25, -0.2) is 4.79 Å². The summed E-state index contributed by atoms with van der Waals surface area (Å²) in [5.74, 6) is 0.691. The highest BCUT2D eigenvalue weighted by atomic mass is 16.5. The van der Waals surface area contributed by atoms with Crippen LogP contribution in [0.5, 0.6) is 5.75 Å². The maximum absolute atomic E-state index is 11.3. The molecule has 0 N–H and O–H groups in total. The summed E-state index contributed by atoms with van der Waals surface area (Å²) in [6, 6.07) is 4.72. The van der Waals surface area contributed by atoms with Crippen molar-refractivity contribution in [2.24, 2.45) is 5.92 Å². The quantitative estimate of drug-likeness (QED) is 0.578. The molecule has 1 aliphatic rings.